The molecule has 0 saturated carbocycles. The first-order chi connectivity index (χ1) is 14.0. The molecule has 0 aliphatic rings. The van der Waals surface area contributed by atoms with Crippen molar-refractivity contribution in [1.82, 2.24) is 29.9 Å². The smallest absolute Gasteiger partial charge is 0.412 e. The van der Waals surface area contributed by atoms with Crippen molar-refractivity contribution in [3.63, 3.8) is 0 Å². The maximum atomic E-state index is 14.1. The monoisotopic (exact) mass is 394 g/mol. The Labute approximate surface area is 163 Å². The van der Waals surface area contributed by atoms with Crippen molar-refractivity contribution in [2.45, 2.75) is 6.54 Å². The summed E-state index contributed by atoms with van der Waals surface area (Å²) in [6, 6.07) is 9.90. The zero-order valence-corrected chi connectivity index (χ0v) is 15.2. The van der Waals surface area contributed by atoms with E-state index in [4.69, 9.17) is 10.8 Å². The molecule has 10 nitrogen and oxygen atoms in total. The number of hydrogen-bond acceptors (Lipinski definition) is 7. The Morgan fingerprint density at radius 1 is 1.24 bits per heavy atom. The first-order valence-electron chi connectivity index (χ1n) is 8.48. The first-order valence-corrected chi connectivity index (χ1v) is 8.48. The number of carbonyl (C=O) groups is 1. The van der Waals surface area contributed by atoms with Gasteiger partial charge < -0.3 is 10.8 Å². The van der Waals surface area contributed by atoms with Gasteiger partial charge in [0.1, 0.15) is 11.5 Å². The summed E-state index contributed by atoms with van der Waals surface area (Å²) in [5.74, 6) is -0.442. The van der Waals surface area contributed by atoms with Gasteiger partial charge in [0.15, 0.2) is 11.5 Å². The summed E-state index contributed by atoms with van der Waals surface area (Å²) in [6.07, 6.45) is 0.355. The van der Waals surface area contributed by atoms with Crippen molar-refractivity contribution in [3.8, 4) is 11.5 Å². The molecule has 0 radical (unpaired) electrons. The molecule has 0 atom stereocenters. The number of fused-ring (bicyclic) bond motifs is 1. The number of nitrogen functional groups attached to an aromatic ring is 1. The number of hydrogen-bond donors (Lipinski definition) is 2. The first kappa shape index (κ1) is 18.2. The fourth-order valence-electron chi connectivity index (χ4n) is 2.84. The molecule has 3 aromatic heterocycles. The second-order valence-corrected chi connectivity index (χ2v) is 6.16. The number of pyridine rings is 1. The van der Waals surface area contributed by atoms with Gasteiger partial charge in [-0.3, -0.25) is 4.90 Å². The van der Waals surface area contributed by atoms with Gasteiger partial charge >= 0.3 is 6.09 Å². The lowest BCUT2D eigenvalue weighted by Gasteiger charge is -2.12. The molecule has 4 aromatic rings. The number of carboxylic acid groups (broad SMARTS) is 1. The predicted molar refractivity (Wildman–Crippen MR) is 103 cm³/mol. The molecule has 29 heavy (non-hydrogen) atoms. The SMILES string of the molecule is CN(C(=O)O)c1nnc(-c2nn(Cc3ccccc3F)c3ncccc23)nc1N. The molecule has 0 saturated heterocycles. The van der Waals surface area contributed by atoms with Gasteiger partial charge in [-0.15, -0.1) is 10.2 Å². The molecule has 146 valence electrons. The summed E-state index contributed by atoms with van der Waals surface area (Å²) < 4.78 is 15.6. The standard InChI is InChI=1S/C18H15FN8O2/c1-26(18(28)29)17-14(20)22-15(23-24-17)13-11-6-4-8-21-16(11)27(25-13)9-10-5-2-3-7-12(10)19/h2-8H,9H2,1H3,(H,28,29)(H2,20,22,23). The minimum Gasteiger partial charge on any atom is -0.465 e. The number of amides is 1. The number of nitrogens with two attached hydrogens (primary N) is 1. The van der Waals surface area contributed by atoms with Crippen LogP contribution >= 0.6 is 0 Å². The number of halogens is 1. The fraction of sp³-hybridized carbons (Fsp3) is 0.111. The average molecular weight is 394 g/mol. The highest BCUT2D eigenvalue weighted by molar-refractivity contribution is 5.90. The van der Waals surface area contributed by atoms with Crippen molar-refractivity contribution >= 4 is 28.8 Å². The predicted octanol–water partition coefficient (Wildman–Crippen LogP) is 2.17. The minimum absolute atomic E-state index is 0.0885. The van der Waals surface area contributed by atoms with E-state index in [1.54, 1.807) is 41.2 Å². The van der Waals surface area contributed by atoms with Gasteiger partial charge in [0.05, 0.1) is 11.9 Å². The minimum atomic E-state index is -1.25. The van der Waals surface area contributed by atoms with E-state index in [2.05, 4.69) is 25.3 Å². The normalized spacial score (nSPS) is 11.0. The van der Waals surface area contributed by atoms with Crippen molar-refractivity contribution in [2.24, 2.45) is 0 Å². The van der Waals surface area contributed by atoms with E-state index >= 15 is 0 Å². The van der Waals surface area contributed by atoms with E-state index in [9.17, 15) is 9.18 Å². The molecular weight excluding hydrogens is 379 g/mol. The van der Waals surface area contributed by atoms with Gasteiger partial charge in [-0.2, -0.15) is 5.10 Å². The largest absolute Gasteiger partial charge is 0.465 e. The highest BCUT2D eigenvalue weighted by Crippen LogP contribution is 2.27. The molecule has 0 aliphatic heterocycles. The van der Waals surface area contributed by atoms with Crippen molar-refractivity contribution in [1.29, 1.82) is 0 Å². The van der Waals surface area contributed by atoms with Crippen LogP contribution in [-0.2, 0) is 6.54 Å². The number of benzene rings is 1. The number of aromatic nitrogens is 6. The van der Waals surface area contributed by atoms with Crippen LogP contribution in [0.5, 0.6) is 0 Å². The number of anilines is 2. The van der Waals surface area contributed by atoms with Gasteiger partial charge in [0, 0.05) is 18.8 Å². The van der Waals surface area contributed by atoms with E-state index in [1.165, 1.54) is 13.1 Å². The van der Waals surface area contributed by atoms with Crippen molar-refractivity contribution in [2.75, 3.05) is 17.7 Å². The van der Waals surface area contributed by atoms with Crippen molar-refractivity contribution in [3.05, 3.63) is 54.0 Å². The summed E-state index contributed by atoms with van der Waals surface area (Å²) >= 11 is 0. The van der Waals surface area contributed by atoms with Crippen LogP contribution < -0.4 is 10.6 Å². The Morgan fingerprint density at radius 2 is 2.03 bits per heavy atom. The molecule has 0 unspecified atom stereocenters. The van der Waals surface area contributed by atoms with E-state index in [0.29, 0.717) is 22.3 Å². The molecule has 1 aromatic carbocycles. The summed E-state index contributed by atoms with van der Waals surface area (Å²) in [5.41, 5.74) is 7.19. The maximum absolute atomic E-state index is 14.1. The summed E-state index contributed by atoms with van der Waals surface area (Å²) in [4.78, 5) is 20.4. The van der Waals surface area contributed by atoms with Crippen molar-refractivity contribution < 1.29 is 14.3 Å². The highest BCUT2D eigenvalue weighted by atomic mass is 19.1. The van der Waals surface area contributed by atoms with Gasteiger partial charge in [0.25, 0.3) is 0 Å². The average Bonchev–Trinajstić information content (AvgIpc) is 3.08. The van der Waals surface area contributed by atoms with Crippen LogP contribution in [0.15, 0.2) is 42.6 Å². The van der Waals surface area contributed by atoms with E-state index in [-0.39, 0.29) is 29.8 Å². The van der Waals surface area contributed by atoms with Crippen LogP contribution in [0.2, 0.25) is 0 Å². The Hall–Kier alpha value is -4.15. The number of nitrogens with zero attached hydrogens (tertiary/aromatic N) is 7. The van der Waals surface area contributed by atoms with Crippen LogP contribution in [0.4, 0.5) is 20.8 Å². The van der Waals surface area contributed by atoms with Crippen LogP contribution in [0.25, 0.3) is 22.6 Å². The van der Waals surface area contributed by atoms with Crippen LogP contribution in [0.3, 0.4) is 0 Å². The second-order valence-electron chi connectivity index (χ2n) is 6.16. The fourth-order valence-corrected chi connectivity index (χ4v) is 2.84. The molecule has 0 aliphatic carbocycles. The summed E-state index contributed by atoms with van der Waals surface area (Å²) in [5, 5.41) is 22.0. The van der Waals surface area contributed by atoms with Crippen LogP contribution in [-0.4, -0.2) is 48.2 Å². The molecular formula is C18H15FN8O2. The Morgan fingerprint density at radius 3 is 2.76 bits per heavy atom. The molecule has 11 heteroatoms. The van der Waals surface area contributed by atoms with Crippen LogP contribution in [0.1, 0.15) is 5.56 Å². The van der Waals surface area contributed by atoms with Gasteiger partial charge in [-0.1, -0.05) is 18.2 Å². The molecule has 3 heterocycles. The topological polar surface area (TPSA) is 136 Å². The zero-order chi connectivity index (χ0) is 20.5. The third kappa shape index (κ3) is 3.29. The molecule has 4 rings (SSSR count). The molecule has 0 bridgehead atoms. The van der Waals surface area contributed by atoms with Gasteiger partial charge in [-0.05, 0) is 18.2 Å². The zero-order valence-electron chi connectivity index (χ0n) is 15.2. The maximum Gasteiger partial charge on any atom is 0.412 e. The van der Waals surface area contributed by atoms with Gasteiger partial charge in [-0.25, -0.2) is 23.8 Å². The Balaban J connectivity index is 1.80. The molecule has 0 fully saturated rings. The van der Waals surface area contributed by atoms with E-state index in [1.807, 2.05) is 0 Å². The Kier molecular flexibility index (Phi) is 4.47. The lowest BCUT2D eigenvalue weighted by molar-refractivity contribution is 0.203. The van der Waals surface area contributed by atoms with Gasteiger partial charge in [0.2, 0.25) is 11.6 Å². The second kappa shape index (κ2) is 7.11. The van der Waals surface area contributed by atoms with E-state index in [0.717, 1.165) is 4.90 Å². The number of rotatable bonds is 4. The lowest BCUT2D eigenvalue weighted by atomic mass is 10.2. The molecule has 0 spiro atoms. The third-order valence-electron chi connectivity index (χ3n) is 4.30. The third-order valence-corrected chi connectivity index (χ3v) is 4.30. The molecule has 3 N–H and O–H groups in total. The Bertz CT molecular complexity index is 1230. The highest BCUT2D eigenvalue weighted by Gasteiger charge is 2.20. The van der Waals surface area contributed by atoms with Crippen LogP contribution in [0, 0.1) is 5.82 Å². The lowest BCUT2D eigenvalue weighted by Crippen LogP contribution is -2.26. The summed E-state index contributed by atoms with van der Waals surface area (Å²) in [7, 11) is 1.28. The quantitative estimate of drug-likeness (QED) is 0.537. The molecule has 1 amide bonds. The van der Waals surface area contributed by atoms with E-state index < -0.39 is 6.09 Å². The summed E-state index contributed by atoms with van der Waals surface area (Å²) in [6.45, 7) is 0.156.